The molecule has 0 atom stereocenters. The Bertz CT molecular complexity index is 1060. The van der Waals surface area contributed by atoms with Crippen molar-refractivity contribution in [1.82, 2.24) is 14.8 Å². The number of benzene rings is 2. The van der Waals surface area contributed by atoms with Crippen molar-refractivity contribution in [2.24, 2.45) is 0 Å². The first kappa shape index (κ1) is 16.7. The molecule has 0 radical (unpaired) electrons. The molecule has 0 saturated carbocycles. The number of hydrogen-bond donors (Lipinski definition) is 1. The fraction of sp³-hybridized carbons (Fsp3) is 0. The number of carbonyl (C=O) groups is 1. The van der Waals surface area contributed by atoms with Crippen LogP contribution in [0.4, 0.5) is 10.1 Å². The van der Waals surface area contributed by atoms with Crippen molar-refractivity contribution in [3.8, 4) is 16.9 Å². The zero-order valence-electron chi connectivity index (χ0n) is 14.2. The van der Waals surface area contributed by atoms with Gasteiger partial charge < -0.3 is 5.32 Å². The molecule has 0 aliphatic carbocycles. The lowest BCUT2D eigenvalue weighted by atomic mass is 10.1. The summed E-state index contributed by atoms with van der Waals surface area (Å²) >= 11 is 0. The standard InChI is InChI=1S/C21H15FN4O/c22-16-10-8-15(9-11-16)20-13-19(21(27)24-17-5-4-12-23-14-17)25-26(20)18-6-2-1-3-7-18/h1-14H,(H,24,27). The molecular weight excluding hydrogens is 343 g/mol. The van der Waals surface area contributed by atoms with Crippen LogP contribution in [0.1, 0.15) is 10.5 Å². The maximum Gasteiger partial charge on any atom is 0.276 e. The van der Waals surface area contributed by atoms with E-state index in [1.165, 1.54) is 12.1 Å². The Balaban J connectivity index is 1.75. The van der Waals surface area contributed by atoms with Crippen LogP contribution in [0.3, 0.4) is 0 Å². The Kier molecular flexibility index (Phi) is 4.45. The first-order valence-corrected chi connectivity index (χ1v) is 8.33. The van der Waals surface area contributed by atoms with Gasteiger partial charge >= 0.3 is 0 Å². The molecule has 5 nitrogen and oxygen atoms in total. The topological polar surface area (TPSA) is 59.8 Å². The molecule has 4 aromatic rings. The summed E-state index contributed by atoms with van der Waals surface area (Å²) in [5.41, 5.74) is 3.09. The predicted octanol–water partition coefficient (Wildman–Crippen LogP) is 4.33. The smallest absolute Gasteiger partial charge is 0.276 e. The molecule has 6 heteroatoms. The van der Waals surface area contributed by atoms with E-state index in [2.05, 4.69) is 15.4 Å². The van der Waals surface area contributed by atoms with E-state index >= 15 is 0 Å². The molecule has 27 heavy (non-hydrogen) atoms. The summed E-state index contributed by atoms with van der Waals surface area (Å²) in [5.74, 6) is -0.667. The van der Waals surface area contributed by atoms with Gasteiger partial charge in [-0.15, -0.1) is 0 Å². The lowest BCUT2D eigenvalue weighted by molar-refractivity contribution is 0.102. The molecule has 4 rings (SSSR count). The Labute approximate surface area is 155 Å². The number of nitrogens with one attached hydrogen (secondary N) is 1. The van der Waals surface area contributed by atoms with E-state index in [-0.39, 0.29) is 17.4 Å². The van der Waals surface area contributed by atoms with E-state index in [0.29, 0.717) is 11.4 Å². The largest absolute Gasteiger partial charge is 0.319 e. The number of anilines is 1. The van der Waals surface area contributed by atoms with E-state index in [9.17, 15) is 9.18 Å². The number of pyridine rings is 1. The maximum absolute atomic E-state index is 13.3. The van der Waals surface area contributed by atoms with Gasteiger partial charge in [-0.2, -0.15) is 5.10 Å². The fourth-order valence-corrected chi connectivity index (χ4v) is 2.72. The summed E-state index contributed by atoms with van der Waals surface area (Å²) in [6.45, 7) is 0. The summed E-state index contributed by atoms with van der Waals surface area (Å²) in [5, 5.41) is 7.24. The first-order valence-electron chi connectivity index (χ1n) is 8.33. The minimum Gasteiger partial charge on any atom is -0.319 e. The van der Waals surface area contributed by atoms with Crippen LogP contribution in [-0.4, -0.2) is 20.7 Å². The summed E-state index contributed by atoms with van der Waals surface area (Å²) in [6.07, 6.45) is 3.19. The molecule has 0 spiro atoms. The SMILES string of the molecule is O=C(Nc1cccnc1)c1cc(-c2ccc(F)cc2)n(-c2ccccc2)n1. The lowest BCUT2D eigenvalue weighted by Crippen LogP contribution is -2.13. The molecule has 0 aliphatic rings. The van der Waals surface area contributed by atoms with Gasteiger partial charge in [0.05, 0.1) is 23.3 Å². The van der Waals surface area contributed by atoms with Gasteiger partial charge in [-0.25, -0.2) is 9.07 Å². The van der Waals surface area contributed by atoms with E-state index in [1.807, 2.05) is 30.3 Å². The van der Waals surface area contributed by atoms with E-state index < -0.39 is 0 Å². The van der Waals surface area contributed by atoms with E-state index in [0.717, 1.165) is 11.3 Å². The minimum atomic E-state index is -0.346. The van der Waals surface area contributed by atoms with Gasteiger partial charge in [-0.3, -0.25) is 9.78 Å². The number of rotatable bonds is 4. The molecule has 0 aliphatic heterocycles. The second-order valence-corrected chi connectivity index (χ2v) is 5.86. The van der Waals surface area contributed by atoms with E-state index in [1.54, 1.807) is 47.4 Å². The third-order valence-corrected chi connectivity index (χ3v) is 4.00. The third-order valence-electron chi connectivity index (χ3n) is 4.00. The summed E-state index contributed by atoms with van der Waals surface area (Å²) in [6, 6.07) is 20.7. The molecular formula is C21H15FN4O. The van der Waals surface area contributed by atoms with Crippen molar-refractivity contribution < 1.29 is 9.18 Å². The second-order valence-electron chi connectivity index (χ2n) is 5.86. The average Bonchev–Trinajstić information content (AvgIpc) is 3.16. The van der Waals surface area contributed by atoms with Crippen molar-refractivity contribution in [1.29, 1.82) is 0 Å². The van der Waals surface area contributed by atoms with E-state index in [4.69, 9.17) is 0 Å². The third kappa shape index (κ3) is 3.59. The Morgan fingerprint density at radius 1 is 0.963 bits per heavy atom. The summed E-state index contributed by atoms with van der Waals surface area (Å²) in [7, 11) is 0. The fourth-order valence-electron chi connectivity index (χ4n) is 2.72. The zero-order chi connectivity index (χ0) is 18.6. The van der Waals surface area contributed by atoms with Crippen LogP contribution < -0.4 is 5.32 Å². The highest BCUT2D eigenvalue weighted by Gasteiger charge is 2.17. The normalized spacial score (nSPS) is 10.6. The Morgan fingerprint density at radius 3 is 2.44 bits per heavy atom. The molecule has 1 amide bonds. The highest BCUT2D eigenvalue weighted by Crippen LogP contribution is 2.25. The van der Waals surface area contributed by atoms with Gasteiger partial charge in [-0.05, 0) is 54.6 Å². The Hall–Kier alpha value is -3.80. The highest BCUT2D eigenvalue weighted by atomic mass is 19.1. The van der Waals surface area contributed by atoms with Crippen LogP contribution in [0.15, 0.2) is 85.2 Å². The number of amides is 1. The quantitative estimate of drug-likeness (QED) is 0.591. The molecule has 0 fully saturated rings. The van der Waals surface area contributed by atoms with Crippen molar-refractivity contribution in [2.75, 3.05) is 5.32 Å². The van der Waals surface area contributed by atoms with Crippen molar-refractivity contribution in [3.63, 3.8) is 0 Å². The van der Waals surface area contributed by atoms with Gasteiger partial charge in [-0.1, -0.05) is 18.2 Å². The molecule has 2 aromatic heterocycles. The van der Waals surface area contributed by atoms with Crippen molar-refractivity contribution in [3.05, 3.63) is 96.7 Å². The average molecular weight is 358 g/mol. The van der Waals surface area contributed by atoms with Crippen molar-refractivity contribution in [2.45, 2.75) is 0 Å². The molecule has 0 bridgehead atoms. The van der Waals surface area contributed by atoms with Crippen LogP contribution in [0.2, 0.25) is 0 Å². The number of carbonyl (C=O) groups excluding carboxylic acids is 1. The van der Waals surface area contributed by atoms with Gasteiger partial charge in [0.1, 0.15) is 5.82 Å². The van der Waals surface area contributed by atoms with Gasteiger partial charge in [0.15, 0.2) is 5.69 Å². The number of nitrogens with zero attached hydrogens (tertiary/aromatic N) is 3. The molecule has 0 saturated heterocycles. The van der Waals surface area contributed by atoms with Crippen LogP contribution >= 0.6 is 0 Å². The highest BCUT2D eigenvalue weighted by molar-refractivity contribution is 6.03. The summed E-state index contributed by atoms with van der Waals surface area (Å²) in [4.78, 5) is 16.6. The van der Waals surface area contributed by atoms with Crippen LogP contribution in [0.5, 0.6) is 0 Å². The number of aromatic nitrogens is 3. The maximum atomic E-state index is 13.3. The predicted molar refractivity (Wildman–Crippen MR) is 101 cm³/mol. The zero-order valence-corrected chi connectivity index (χ0v) is 14.2. The Morgan fingerprint density at radius 2 is 1.74 bits per heavy atom. The lowest BCUT2D eigenvalue weighted by Gasteiger charge is -2.07. The second kappa shape index (κ2) is 7.21. The van der Waals surface area contributed by atoms with Crippen molar-refractivity contribution >= 4 is 11.6 Å². The van der Waals surface area contributed by atoms with Gasteiger partial charge in [0.25, 0.3) is 5.91 Å². The van der Waals surface area contributed by atoms with Crippen LogP contribution in [-0.2, 0) is 0 Å². The van der Waals surface area contributed by atoms with Crippen LogP contribution in [0, 0.1) is 5.82 Å². The molecule has 0 unspecified atom stereocenters. The number of para-hydroxylation sites is 1. The molecule has 1 N–H and O–H groups in total. The minimum absolute atomic E-state index is 0.252. The molecule has 2 heterocycles. The first-order chi connectivity index (χ1) is 13.2. The number of halogens is 1. The molecule has 132 valence electrons. The van der Waals surface area contributed by atoms with Gasteiger partial charge in [0.2, 0.25) is 0 Å². The number of hydrogen-bond acceptors (Lipinski definition) is 3. The monoisotopic (exact) mass is 358 g/mol. The molecule has 2 aromatic carbocycles. The van der Waals surface area contributed by atoms with Crippen LogP contribution in [0.25, 0.3) is 16.9 Å². The summed E-state index contributed by atoms with van der Waals surface area (Å²) < 4.78 is 15.0. The van der Waals surface area contributed by atoms with Gasteiger partial charge in [0, 0.05) is 11.8 Å².